The number of alkyl halides is 2. The zero-order chi connectivity index (χ0) is 17.5. The van der Waals surface area contributed by atoms with Gasteiger partial charge in [-0.2, -0.15) is 8.78 Å². The predicted octanol–water partition coefficient (Wildman–Crippen LogP) is 3.13. The summed E-state index contributed by atoms with van der Waals surface area (Å²) in [6, 6.07) is 4.81. The topological polar surface area (TPSA) is 63.2 Å². The van der Waals surface area contributed by atoms with Crippen molar-refractivity contribution in [3.63, 3.8) is 0 Å². The normalized spacial score (nSPS) is 10.5. The minimum Gasteiger partial charge on any atom is -0.434 e. The van der Waals surface area contributed by atoms with Crippen molar-refractivity contribution in [2.75, 3.05) is 0 Å². The van der Waals surface area contributed by atoms with Crippen LogP contribution in [0.5, 0.6) is 5.75 Å². The van der Waals surface area contributed by atoms with E-state index >= 15 is 0 Å². The molecular formula is C16H16F3N3O2. The van der Waals surface area contributed by atoms with Gasteiger partial charge in [0.2, 0.25) is 0 Å². The molecule has 0 unspecified atom stereocenters. The molecule has 2 rings (SSSR count). The van der Waals surface area contributed by atoms with Crippen molar-refractivity contribution in [3.8, 4) is 5.75 Å². The fraction of sp³-hybridized carbons (Fsp3) is 0.250. The van der Waals surface area contributed by atoms with Crippen LogP contribution in [0.15, 0.2) is 36.7 Å². The molecule has 128 valence electrons. The van der Waals surface area contributed by atoms with E-state index in [9.17, 15) is 18.0 Å². The molecule has 0 radical (unpaired) electrons. The monoisotopic (exact) mass is 339 g/mol. The third kappa shape index (κ3) is 4.87. The first kappa shape index (κ1) is 17.6. The van der Waals surface area contributed by atoms with Gasteiger partial charge in [-0.05, 0) is 36.2 Å². The quantitative estimate of drug-likeness (QED) is 0.850. The number of nitrogens with zero attached hydrogens (tertiary/aromatic N) is 1. The zero-order valence-corrected chi connectivity index (χ0v) is 12.9. The van der Waals surface area contributed by atoms with Gasteiger partial charge in [-0.1, -0.05) is 6.07 Å². The van der Waals surface area contributed by atoms with E-state index < -0.39 is 18.5 Å². The number of carbonyl (C=O) groups excluding carboxylic acids is 1. The molecule has 1 aromatic heterocycles. The highest BCUT2D eigenvalue weighted by Gasteiger charge is 2.14. The van der Waals surface area contributed by atoms with Gasteiger partial charge in [0.15, 0.2) is 0 Å². The van der Waals surface area contributed by atoms with E-state index in [1.165, 1.54) is 12.1 Å². The highest BCUT2D eigenvalue weighted by atomic mass is 19.3. The highest BCUT2D eigenvalue weighted by molar-refractivity contribution is 5.74. The van der Waals surface area contributed by atoms with Crippen LogP contribution in [0, 0.1) is 12.7 Å². The van der Waals surface area contributed by atoms with Crippen molar-refractivity contribution in [1.29, 1.82) is 0 Å². The maximum absolute atomic E-state index is 13.7. The average molecular weight is 339 g/mol. The van der Waals surface area contributed by atoms with E-state index in [0.717, 1.165) is 17.2 Å². The second kappa shape index (κ2) is 8.19. The predicted molar refractivity (Wildman–Crippen MR) is 81.1 cm³/mol. The first-order valence-corrected chi connectivity index (χ1v) is 7.10. The Bertz CT molecular complexity index is 711. The molecule has 2 aromatic rings. The summed E-state index contributed by atoms with van der Waals surface area (Å²) in [6.07, 6.45) is 3.27. The summed E-state index contributed by atoms with van der Waals surface area (Å²) >= 11 is 0. The average Bonchev–Trinajstić information content (AvgIpc) is 2.53. The molecule has 1 aromatic carbocycles. The summed E-state index contributed by atoms with van der Waals surface area (Å²) in [6.45, 7) is -1.24. The SMILES string of the molecule is Cc1ccncc1CNC(=O)NCc1c(F)cccc1OC(F)F. The molecule has 24 heavy (non-hydrogen) atoms. The zero-order valence-electron chi connectivity index (χ0n) is 12.9. The van der Waals surface area contributed by atoms with Gasteiger partial charge in [0, 0.05) is 24.5 Å². The van der Waals surface area contributed by atoms with Crippen molar-refractivity contribution < 1.29 is 22.7 Å². The van der Waals surface area contributed by atoms with Gasteiger partial charge in [0.1, 0.15) is 11.6 Å². The van der Waals surface area contributed by atoms with Crippen molar-refractivity contribution in [2.24, 2.45) is 0 Å². The number of aryl methyl sites for hydroxylation is 1. The Kier molecular flexibility index (Phi) is 6.00. The molecule has 0 spiro atoms. The molecule has 0 saturated heterocycles. The highest BCUT2D eigenvalue weighted by Crippen LogP contribution is 2.23. The van der Waals surface area contributed by atoms with Crippen molar-refractivity contribution in [2.45, 2.75) is 26.6 Å². The van der Waals surface area contributed by atoms with E-state index in [2.05, 4.69) is 20.4 Å². The summed E-state index contributed by atoms with van der Waals surface area (Å²) in [4.78, 5) is 15.8. The maximum Gasteiger partial charge on any atom is 0.387 e. The van der Waals surface area contributed by atoms with Crippen LogP contribution in [0.25, 0.3) is 0 Å². The molecular weight excluding hydrogens is 323 g/mol. The van der Waals surface area contributed by atoms with E-state index in [0.29, 0.717) is 0 Å². The van der Waals surface area contributed by atoms with Gasteiger partial charge < -0.3 is 15.4 Å². The number of urea groups is 1. The smallest absolute Gasteiger partial charge is 0.387 e. The first-order chi connectivity index (χ1) is 11.5. The number of hydrogen-bond acceptors (Lipinski definition) is 3. The van der Waals surface area contributed by atoms with Gasteiger partial charge >= 0.3 is 12.6 Å². The Labute approximate surface area is 136 Å². The number of carbonyl (C=O) groups is 1. The van der Waals surface area contributed by atoms with E-state index in [4.69, 9.17) is 0 Å². The number of benzene rings is 1. The molecule has 8 heteroatoms. The van der Waals surface area contributed by atoms with Crippen LogP contribution in [-0.2, 0) is 13.1 Å². The maximum atomic E-state index is 13.7. The second-order valence-electron chi connectivity index (χ2n) is 4.93. The van der Waals surface area contributed by atoms with Crippen LogP contribution >= 0.6 is 0 Å². The number of ether oxygens (including phenoxy) is 1. The molecule has 0 aliphatic rings. The molecule has 1 heterocycles. The fourth-order valence-corrected chi connectivity index (χ4v) is 2.01. The largest absolute Gasteiger partial charge is 0.434 e. The molecule has 0 fully saturated rings. The van der Waals surface area contributed by atoms with E-state index in [-0.39, 0.29) is 24.4 Å². The summed E-state index contributed by atoms with van der Waals surface area (Å²) in [5.41, 5.74) is 1.65. The molecule has 5 nitrogen and oxygen atoms in total. The number of hydrogen-bond donors (Lipinski definition) is 2. The Hall–Kier alpha value is -2.77. The number of pyridine rings is 1. The molecule has 0 bridgehead atoms. The molecule has 0 aliphatic carbocycles. The van der Waals surface area contributed by atoms with Crippen molar-refractivity contribution in [3.05, 3.63) is 59.2 Å². The Morgan fingerprint density at radius 3 is 2.71 bits per heavy atom. The lowest BCUT2D eigenvalue weighted by atomic mass is 10.1. The van der Waals surface area contributed by atoms with Gasteiger partial charge in [0.05, 0.1) is 6.54 Å². The van der Waals surface area contributed by atoms with Gasteiger partial charge in [-0.15, -0.1) is 0 Å². The van der Waals surface area contributed by atoms with Gasteiger partial charge in [-0.3, -0.25) is 4.98 Å². The van der Waals surface area contributed by atoms with Gasteiger partial charge in [-0.25, -0.2) is 9.18 Å². The molecule has 2 amide bonds. The minimum atomic E-state index is -3.08. The third-order valence-corrected chi connectivity index (χ3v) is 3.30. The summed E-state index contributed by atoms with van der Waals surface area (Å²) < 4.78 is 42.7. The summed E-state index contributed by atoms with van der Waals surface area (Å²) in [5.74, 6) is -1.05. The standard InChI is InChI=1S/C16H16F3N3O2/c1-10-5-6-20-7-11(10)8-21-16(23)22-9-12-13(17)3-2-4-14(12)24-15(18)19/h2-7,15H,8-9H2,1H3,(H2,21,22,23). The molecule has 0 aliphatic heterocycles. The number of nitrogens with one attached hydrogen (secondary N) is 2. The molecule has 0 saturated carbocycles. The second-order valence-corrected chi connectivity index (χ2v) is 4.93. The molecule has 2 N–H and O–H groups in total. The van der Waals surface area contributed by atoms with Crippen LogP contribution in [0.1, 0.15) is 16.7 Å². The Morgan fingerprint density at radius 1 is 1.25 bits per heavy atom. The van der Waals surface area contributed by atoms with Crippen LogP contribution in [0.4, 0.5) is 18.0 Å². The Balaban J connectivity index is 1.93. The number of rotatable bonds is 6. The van der Waals surface area contributed by atoms with E-state index in [1.807, 2.05) is 13.0 Å². The molecule has 0 atom stereocenters. The van der Waals surface area contributed by atoms with Gasteiger partial charge in [0.25, 0.3) is 0 Å². The summed E-state index contributed by atoms with van der Waals surface area (Å²) in [5, 5.41) is 5.00. The number of aromatic nitrogens is 1. The Morgan fingerprint density at radius 2 is 2.00 bits per heavy atom. The lowest BCUT2D eigenvalue weighted by molar-refractivity contribution is -0.0506. The fourth-order valence-electron chi connectivity index (χ4n) is 2.01. The van der Waals surface area contributed by atoms with Crippen molar-refractivity contribution in [1.82, 2.24) is 15.6 Å². The lowest BCUT2D eigenvalue weighted by Gasteiger charge is -2.13. The first-order valence-electron chi connectivity index (χ1n) is 7.10. The summed E-state index contributed by atoms with van der Waals surface area (Å²) in [7, 11) is 0. The van der Waals surface area contributed by atoms with Crippen LogP contribution in [0.3, 0.4) is 0 Å². The van der Waals surface area contributed by atoms with E-state index in [1.54, 1.807) is 12.4 Å². The lowest BCUT2D eigenvalue weighted by Crippen LogP contribution is -2.35. The minimum absolute atomic E-state index is 0.148. The van der Waals surface area contributed by atoms with Crippen LogP contribution in [-0.4, -0.2) is 17.6 Å². The van der Waals surface area contributed by atoms with Crippen molar-refractivity contribution >= 4 is 6.03 Å². The number of halogens is 3. The number of amides is 2. The van der Waals surface area contributed by atoms with Crippen LogP contribution in [0.2, 0.25) is 0 Å². The van der Waals surface area contributed by atoms with Crippen LogP contribution < -0.4 is 15.4 Å². The third-order valence-electron chi connectivity index (χ3n) is 3.30.